The minimum Gasteiger partial charge on any atom is -0.477 e. The van der Waals surface area contributed by atoms with Gasteiger partial charge >= 0.3 is 6.98 Å². The average Bonchev–Trinajstić information content (AvgIpc) is 3.35. The summed E-state index contributed by atoms with van der Waals surface area (Å²) in [5.41, 5.74) is -0.959. The lowest BCUT2D eigenvalue weighted by atomic mass is 9.75. The molecule has 1 aromatic carbocycles. The number of benzene rings is 1. The van der Waals surface area contributed by atoms with Crippen molar-refractivity contribution in [1.82, 2.24) is 19.5 Å². The fourth-order valence-corrected chi connectivity index (χ4v) is 6.84. The number of nitrogens with zero attached hydrogens (tertiary/aromatic N) is 4. The minimum absolute atomic E-state index is 0.0318. The number of aromatic nitrogens is 3. The topological polar surface area (TPSA) is 106 Å². The van der Waals surface area contributed by atoms with Gasteiger partial charge in [0.1, 0.15) is 5.82 Å². The molecule has 1 aliphatic heterocycles. The first kappa shape index (κ1) is 29.9. The van der Waals surface area contributed by atoms with Crippen LogP contribution in [-0.2, 0) is 10.0 Å². The Hall–Kier alpha value is -3.55. The molecule has 1 saturated heterocycles. The fraction of sp³-hybridized carbons (Fsp3) is 0.464. The first-order chi connectivity index (χ1) is 19.7. The van der Waals surface area contributed by atoms with Crippen LogP contribution >= 0.6 is 0 Å². The van der Waals surface area contributed by atoms with E-state index in [4.69, 9.17) is 9.72 Å². The Bertz CT molecular complexity index is 1560. The van der Waals surface area contributed by atoms with E-state index in [2.05, 4.69) is 16.7 Å². The van der Waals surface area contributed by atoms with E-state index in [9.17, 15) is 26.2 Å². The summed E-state index contributed by atoms with van der Waals surface area (Å²) in [7, 11) is -4.11. The standard InChI is InChI=1S/C28H34BF3N5O4S/c1-20-17-27(2,3)36(18-20)25-22(26(38)35-42(39,40)21-7-5-4-6-8-21)9-10-23(33-25)37-15-11-24(34-37)41-16-14-28(12-13-28)19-29(30,31)32/h4-11,15,20H,12-14,16-19H2,1-3H3,(H,35,38)/q-1/t20-/m0/s1. The van der Waals surface area contributed by atoms with Crippen LogP contribution in [0.1, 0.15) is 56.8 Å². The van der Waals surface area contributed by atoms with E-state index in [1.807, 2.05) is 18.7 Å². The summed E-state index contributed by atoms with van der Waals surface area (Å²) in [4.78, 5) is 20.1. The summed E-state index contributed by atoms with van der Waals surface area (Å²) in [6.45, 7) is 2.08. The van der Waals surface area contributed by atoms with Crippen molar-refractivity contribution in [3.63, 3.8) is 0 Å². The molecule has 0 bridgehead atoms. The number of rotatable bonds is 11. The molecule has 226 valence electrons. The lowest BCUT2D eigenvalue weighted by molar-refractivity contribution is 0.0981. The normalized spacial score (nSPS) is 19.5. The summed E-state index contributed by atoms with van der Waals surface area (Å²) in [5.74, 6) is 0.452. The Morgan fingerprint density at radius 1 is 1.12 bits per heavy atom. The van der Waals surface area contributed by atoms with Gasteiger partial charge < -0.3 is 22.6 Å². The predicted octanol–water partition coefficient (Wildman–Crippen LogP) is 5.41. The van der Waals surface area contributed by atoms with Crippen molar-refractivity contribution in [2.45, 2.75) is 63.2 Å². The van der Waals surface area contributed by atoms with E-state index in [1.54, 1.807) is 36.5 Å². The van der Waals surface area contributed by atoms with Gasteiger partial charge in [-0.3, -0.25) is 4.79 Å². The van der Waals surface area contributed by atoms with Crippen LogP contribution in [0.15, 0.2) is 59.6 Å². The maximum Gasteiger partial charge on any atom is 0.478 e. The number of carbonyl (C=O) groups is 1. The van der Waals surface area contributed by atoms with Crippen molar-refractivity contribution in [3.8, 4) is 11.7 Å². The summed E-state index contributed by atoms with van der Waals surface area (Å²) >= 11 is 0. The van der Waals surface area contributed by atoms with Crippen molar-refractivity contribution >= 4 is 28.7 Å². The third kappa shape index (κ3) is 6.74. The van der Waals surface area contributed by atoms with Crippen LogP contribution in [0.2, 0.25) is 6.32 Å². The monoisotopic (exact) mass is 604 g/mol. The lowest BCUT2D eigenvalue weighted by Gasteiger charge is -2.34. The SMILES string of the molecule is C[C@@H]1CN(c2nc(-n3ccc(OCCC4(C[B-](F)(F)F)CC4)n3)ccc2C(=O)NS(=O)(=O)c2ccccc2)C(C)(C)C1. The molecule has 0 unspecified atom stereocenters. The highest BCUT2D eigenvalue weighted by atomic mass is 32.2. The van der Waals surface area contributed by atoms with E-state index < -0.39 is 34.6 Å². The van der Waals surface area contributed by atoms with Crippen molar-refractivity contribution in [3.05, 3.63) is 60.3 Å². The number of sulfonamides is 1. The average molecular weight is 604 g/mol. The largest absolute Gasteiger partial charge is 0.478 e. The number of carbonyl (C=O) groups excluding carboxylic acids is 1. The summed E-state index contributed by atoms with van der Waals surface area (Å²) in [6, 6.07) is 12.3. The number of hydrogen-bond acceptors (Lipinski definition) is 7. The number of anilines is 1. The molecular formula is C28H34BF3N5O4S-. The third-order valence-corrected chi connectivity index (χ3v) is 9.36. The molecule has 1 saturated carbocycles. The van der Waals surface area contributed by atoms with Crippen molar-refractivity contribution in [2.24, 2.45) is 11.3 Å². The molecule has 1 amide bonds. The van der Waals surface area contributed by atoms with Gasteiger partial charge in [-0.05, 0) is 75.1 Å². The van der Waals surface area contributed by atoms with Gasteiger partial charge in [-0.25, -0.2) is 22.8 Å². The number of hydrogen-bond donors (Lipinski definition) is 1. The molecule has 0 radical (unpaired) electrons. The predicted molar refractivity (Wildman–Crippen MR) is 153 cm³/mol. The van der Waals surface area contributed by atoms with E-state index >= 15 is 0 Å². The van der Waals surface area contributed by atoms with Gasteiger partial charge in [0.2, 0.25) is 5.88 Å². The quantitative estimate of drug-likeness (QED) is 0.292. The molecule has 1 aliphatic carbocycles. The Kier molecular flexibility index (Phi) is 7.80. The van der Waals surface area contributed by atoms with Gasteiger partial charge in [0.05, 0.1) is 17.1 Å². The van der Waals surface area contributed by atoms with Gasteiger partial charge in [-0.1, -0.05) is 31.4 Å². The molecule has 1 N–H and O–H groups in total. The van der Waals surface area contributed by atoms with Crippen LogP contribution in [0.3, 0.4) is 0 Å². The van der Waals surface area contributed by atoms with Crippen LogP contribution in [0, 0.1) is 11.3 Å². The van der Waals surface area contributed by atoms with Crippen LogP contribution in [0.5, 0.6) is 5.88 Å². The van der Waals surface area contributed by atoms with Crippen LogP contribution in [-0.4, -0.2) is 54.8 Å². The van der Waals surface area contributed by atoms with Gasteiger partial charge in [-0.15, -0.1) is 5.10 Å². The molecule has 9 nitrogen and oxygen atoms in total. The molecule has 0 spiro atoms. The zero-order chi connectivity index (χ0) is 30.3. The van der Waals surface area contributed by atoms with E-state index in [0.717, 1.165) is 6.42 Å². The Labute approximate surface area is 243 Å². The zero-order valence-electron chi connectivity index (χ0n) is 23.8. The third-order valence-electron chi connectivity index (χ3n) is 8.02. The smallest absolute Gasteiger partial charge is 0.477 e. The van der Waals surface area contributed by atoms with Gasteiger partial charge in [0, 0.05) is 24.3 Å². The van der Waals surface area contributed by atoms with Crippen LogP contribution in [0.4, 0.5) is 18.8 Å². The highest BCUT2D eigenvalue weighted by molar-refractivity contribution is 7.90. The molecule has 2 aromatic heterocycles. The molecule has 14 heteroatoms. The summed E-state index contributed by atoms with van der Waals surface area (Å²) in [6.07, 6.45) is 3.13. The molecule has 3 aromatic rings. The van der Waals surface area contributed by atoms with Gasteiger partial charge in [0.15, 0.2) is 5.82 Å². The number of amides is 1. The Morgan fingerprint density at radius 3 is 2.45 bits per heavy atom. The Balaban J connectivity index is 1.38. The Morgan fingerprint density at radius 2 is 1.83 bits per heavy atom. The minimum atomic E-state index is -4.84. The summed E-state index contributed by atoms with van der Waals surface area (Å²) < 4.78 is 73.8. The van der Waals surface area contributed by atoms with Crippen molar-refractivity contribution in [2.75, 3.05) is 18.1 Å². The molecule has 3 heterocycles. The summed E-state index contributed by atoms with van der Waals surface area (Å²) in [5, 5.41) is 4.39. The van der Waals surface area contributed by atoms with Gasteiger partial charge in [-0.2, -0.15) is 0 Å². The molecule has 2 fully saturated rings. The van der Waals surface area contributed by atoms with Gasteiger partial charge in [0.25, 0.3) is 15.9 Å². The number of ether oxygens (including phenoxy) is 1. The second kappa shape index (κ2) is 10.9. The number of nitrogens with one attached hydrogen (secondary N) is 1. The number of halogens is 3. The second-order valence-corrected chi connectivity index (χ2v) is 13.8. The highest BCUT2D eigenvalue weighted by Gasteiger charge is 2.47. The second-order valence-electron chi connectivity index (χ2n) is 12.1. The van der Waals surface area contributed by atoms with E-state index in [0.29, 0.717) is 43.4 Å². The molecular weight excluding hydrogens is 570 g/mol. The molecule has 42 heavy (non-hydrogen) atoms. The lowest BCUT2D eigenvalue weighted by Crippen LogP contribution is -2.41. The number of pyridine rings is 1. The maximum atomic E-state index is 13.4. The van der Waals surface area contributed by atoms with Crippen LogP contribution in [0.25, 0.3) is 5.82 Å². The van der Waals surface area contributed by atoms with Crippen molar-refractivity contribution in [1.29, 1.82) is 0 Å². The fourth-order valence-electron chi connectivity index (χ4n) is 5.85. The zero-order valence-corrected chi connectivity index (χ0v) is 24.6. The molecule has 1 atom stereocenters. The molecule has 5 rings (SSSR count). The van der Waals surface area contributed by atoms with E-state index in [1.165, 1.54) is 22.9 Å². The first-order valence-electron chi connectivity index (χ1n) is 14.0. The highest BCUT2D eigenvalue weighted by Crippen LogP contribution is 2.55. The first-order valence-corrected chi connectivity index (χ1v) is 15.5. The van der Waals surface area contributed by atoms with Crippen LogP contribution < -0.4 is 14.4 Å². The molecule has 2 aliphatic rings. The van der Waals surface area contributed by atoms with Crippen molar-refractivity contribution < 1.29 is 30.9 Å². The van der Waals surface area contributed by atoms with E-state index in [-0.39, 0.29) is 28.5 Å². The maximum absolute atomic E-state index is 13.4.